The van der Waals surface area contributed by atoms with Crippen molar-refractivity contribution in [2.45, 2.75) is 19.4 Å². The molecular weight excluding hydrogens is 322 g/mol. The summed E-state index contributed by atoms with van der Waals surface area (Å²) in [5, 5.41) is 9.05. The average molecular weight is 338 g/mol. The average Bonchev–Trinajstić information content (AvgIpc) is 2.92. The van der Waals surface area contributed by atoms with Gasteiger partial charge in [0, 0.05) is 11.4 Å². The first-order valence-corrected chi connectivity index (χ1v) is 7.96. The fraction of sp³-hybridized carbons (Fsp3) is 0.250. The van der Waals surface area contributed by atoms with Gasteiger partial charge < -0.3 is 10.0 Å². The number of carboxylic acid groups (broad SMARTS) is 1. The van der Waals surface area contributed by atoms with E-state index in [1.165, 1.54) is 16.2 Å². The highest BCUT2D eigenvalue weighted by Crippen LogP contribution is 2.29. The molecule has 0 aliphatic rings. The number of carboxylic acids is 1. The van der Waals surface area contributed by atoms with E-state index < -0.39 is 11.9 Å². The van der Waals surface area contributed by atoms with E-state index in [0.717, 1.165) is 10.4 Å². The summed E-state index contributed by atoms with van der Waals surface area (Å²) in [4.78, 5) is 25.9. The van der Waals surface area contributed by atoms with Crippen LogP contribution in [-0.4, -0.2) is 28.4 Å². The molecular formula is C16H16ClNO3S. The molecule has 1 N–H and O–H groups in total. The Morgan fingerprint density at radius 3 is 2.45 bits per heavy atom. The maximum Gasteiger partial charge on any atom is 0.323 e. The van der Waals surface area contributed by atoms with Crippen molar-refractivity contribution >= 4 is 34.8 Å². The molecule has 0 fully saturated rings. The summed E-state index contributed by atoms with van der Waals surface area (Å²) in [7, 11) is 0. The van der Waals surface area contributed by atoms with Gasteiger partial charge in [-0.1, -0.05) is 41.9 Å². The van der Waals surface area contributed by atoms with Gasteiger partial charge in [0.2, 0.25) is 5.91 Å². The van der Waals surface area contributed by atoms with Crippen molar-refractivity contribution in [2.75, 3.05) is 6.54 Å². The van der Waals surface area contributed by atoms with E-state index in [1.54, 1.807) is 19.1 Å². The second-order valence-electron chi connectivity index (χ2n) is 4.94. The van der Waals surface area contributed by atoms with Crippen LogP contribution in [0.4, 0.5) is 0 Å². The van der Waals surface area contributed by atoms with Crippen molar-refractivity contribution in [3.63, 3.8) is 0 Å². The van der Waals surface area contributed by atoms with Crippen molar-refractivity contribution in [1.29, 1.82) is 0 Å². The van der Waals surface area contributed by atoms with E-state index in [4.69, 9.17) is 16.7 Å². The highest BCUT2D eigenvalue weighted by molar-refractivity contribution is 7.16. The SMILES string of the molecule is CC(C(=O)N(CC(=O)O)Cc1ccccc1)c1ccc(Cl)s1. The zero-order valence-corrected chi connectivity index (χ0v) is 13.6. The van der Waals surface area contributed by atoms with Gasteiger partial charge in [0.05, 0.1) is 10.3 Å². The molecule has 1 unspecified atom stereocenters. The van der Waals surface area contributed by atoms with Gasteiger partial charge in [0.15, 0.2) is 0 Å². The fourth-order valence-corrected chi connectivity index (χ4v) is 3.24. The third-order valence-corrected chi connectivity index (χ3v) is 4.66. The smallest absolute Gasteiger partial charge is 0.323 e. The van der Waals surface area contributed by atoms with Crippen LogP contribution >= 0.6 is 22.9 Å². The standard InChI is InChI=1S/C16H16ClNO3S/c1-11(13-7-8-14(17)22-13)16(21)18(10-15(19)20)9-12-5-3-2-4-6-12/h2-8,11H,9-10H2,1H3,(H,19,20). The summed E-state index contributed by atoms with van der Waals surface area (Å²) in [6, 6.07) is 12.9. The second kappa shape index (κ2) is 7.42. The zero-order chi connectivity index (χ0) is 16.1. The molecule has 0 spiro atoms. The van der Waals surface area contributed by atoms with E-state index in [1.807, 2.05) is 30.3 Å². The number of carbonyl (C=O) groups excluding carboxylic acids is 1. The molecule has 2 rings (SSSR count). The van der Waals surface area contributed by atoms with E-state index in [9.17, 15) is 9.59 Å². The molecule has 1 aromatic carbocycles. The number of benzene rings is 1. The quantitative estimate of drug-likeness (QED) is 0.875. The third-order valence-electron chi connectivity index (χ3n) is 3.25. The Bertz CT molecular complexity index is 656. The van der Waals surface area contributed by atoms with Crippen molar-refractivity contribution in [1.82, 2.24) is 4.90 Å². The highest BCUT2D eigenvalue weighted by Gasteiger charge is 2.25. The molecule has 1 atom stereocenters. The predicted molar refractivity (Wildman–Crippen MR) is 87.2 cm³/mol. The Hall–Kier alpha value is -1.85. The lowest BCUT2D eigenvalue weighted by molar-refractivity contribution is -0.145. The normalized spacial score (nSPS) is 11.9. The van der Waals surface area contributed by atoms with E-state index in [0.29, 0.717) is 4.34 Å². The van der Waals surface area contributed by atoms with Crippen LogP contribution in [0.5, 0.6) is 0 Å². The van der Waals surface area contributed by atoms with Gasteiger partial charge in [0.1, 0.15) is 6.54 Å². The first kappa shape index (κ1) is 16.5. The Balaban J connectivity index is 2.17. The molecule has 22 heavy (non-hydrogen) atoms. The van der Waals surface area contributed by atoms with Crippen molar-refractivity contribution in [3.8, 4) is 0 Å². The first-order valence-electron chi connectivity index (χ1n) is 6.77. The number of amides is 1. The molecule has 1 aromatic heterocycles. The van der Waals surface area contributed by atoms with Crippen LogP contribution in [0.3, 0.4) is 0 Å². The monoisotopic (exact) mass is 337 g/mol. The molecule has 0 aliphatic carbocycles. The number of halogens is 1. The number of thiophene rings is 1. The lowest BCUT2D eigenvalue weighted by Gasteiger charge is -2.24. The minimum atomic E-state index is -1.03. The van der Waals surface area contributed by atoms with Crippen LogP contribution < -0.4 is 0 Å². The summed E-state index contributed by atoms with van der Waals surface area (Å²) < 4.78 is 0.613. The lowest BCUT2D eigenvalue weighted by atomic mass is 10.1. The Labute approximate surface area is 137 Å². The molecule has 4 nitrogen and oxygen atoms in total. The molecule has 116 valence electrons. The van der Waals surface area contributed by atoms with Crippen LogP contribution in [0.1, 0.15) is 23.3 Å². The largest absolute Gasteiger partial charge is 0.480 e. The molecule has 0 radical (unpaired) electrons. The number of rotatable bonds is 6. The van der Waals surface area contributed by atoms with Gasteiger partial charge in [0.25, 0.3) is 0 Å². The van der Waals surface area contributed by atoms with E-state index in [-0.39, 0.29) is 19.0 Å². The summed E-state index contributed by atoms with van der Waals surface area (Å²) in [5.74, 6) is -1.66. The Morgan fingerprint density at radius 1 is 1.23 bits per heavy atom. The number of hydrogen-bond donors (Lipinski definition) is 1. The Kier molecular flexibility index (Phi) is 5.57. The number of carbonyl (C=O) groups is 2. The van der Waals surface area contributed by atoms with Gasteiger partial charge in [-0.25, -0.2) is 0 Å². The number of nitrogens with zero attached hydrogens (tertiary/aromatic N) is 1. The van der Waals surface area contributed by atoms with Gasteiger partial charge in [-0.05, 0) is 24.6 Å². The fourth-order valence-electron chi connectivity index (χ4n) is 2.14. The topological polar surface area (TPSA) is 57.6 Å². The minimum absolute atomic E-state index is 0.218. The van der Waals surface area contributed by atoms with Gasteiger partial charge in [-0.3, -0.25) is 9.59 Å². The van der Waals surface area contributed by atoms with Crippen LogP contribution in [0.15, 0.2) is 42.5 Å². The molecule has 0 saturated carbocycles. The summed E-state index contributed by atoms with van der Waals surface area (Å²) in [6.45, 7) is 1.72. The third kappa shape index (κ3) is 4.32. The van der Waals surface area contributed by atoms with E-state index >= 15 is 0 Å². The number of hydrogen-bond acceptors (Lipinski definition) is 3. The highest BCUT2D eigenvalue weighted by atomic mass is 35.5. The van der Waals surface area contributed by atoms with Crippen LogP contribution in [-0.2, 0) is 16.1 Å². The van der Waals surface area contributed by atoms with E-state index in [2.05, 4.69) is 0 Å². The maximum atomic E-state index is 12.6. The maximum absolute atomic E-state index is 12.6. The van der Waals surface area contributed by atoms with Crippen molar-refractivity contribution in [3.05, 3.63) is 57.2 Å². The Morgan fingerprint density at radius 2 is 1.91 bits per heavy atom. The van der Waals surface area contributed by atoms with Crippen molar-refractivity contribution < 1.29 is 14.7 Å². The van der Waals surface area contributed by atoms with Gasteiger partial charge in [-0.2, -0.15) is 0 Å². The van der Waals surface area contributed by atoms with Crippen LogP contribution in [0.2, 0.25) is 4.34 Å². The minimum Gasteiger partial charge on any atom is -0.480 e. The number of aliphatic carboxylic acids is 1. The molecule has 0 saturated heterocycles. The molecule has 2 aromatic rings. The van der Waals surface area contributed by atoms with Gasteiger partial charge >= 0.3 is 5.97 Å². The molecule has 6 heteroatoms. The van der Waals surface area contributed by atoms with Crippen molar-refractivity contribution in [2.24, 2.45) is 0 Å². The predicted octanol–water partition coefficient (Wildman–Crippen LogP) is 3.62. The lowest BCUT2D eigenvalue weighted by Crippen LogP contribution is -2.37. The van der Waals surface area contributed by atoms with Crippen LogP contribution in [0.25, 0.3) is 0 Å². The first-order chi connectivity index (χ1) is 10.5. The molecule has 1 amide bonds. The van der Waals surface area contributed by atoms with Crippen LogP contribution in [0, 0.1) is 0 Å². The van der Waals surface area contributed by atoms with Gasteiger partial charge in [-0.15, -0.1) is 11.3 Å². The summed E-state index contributed by atoms with van der Waals surface area (Å²) in [5.41, 5.74) is 0.897. The molecule has 0 bridgehead atoms. The zero-order valence-electron chi connectivity index (χ0n) is 12.0. The molecule has 0 aliphatic heterocycles. The molecule has 1 heterocycles. The second-order valence-corrected chi connectivity index (χ2v) is 6.68. The summed E-state index contributed by atoms with van der Waals surface area (Å²) in [6.07, 6.45) is 0. The summed E-state index contributed by atoms with van der Waals surface area (Å²) >= 11 is 7.24.